The maximum absolute atomic E-state index is 14.0. The highest BCUT2D eigenvalue weighted by molar-refractivity contribution is 5.65. The molecule has 20 heavy (non-hydrogen) atoms. The Balaban J connectivity index is 2.52. The van der Waals surface area contributed by atoms with Crippen molar-refractivity contribution in [3.8, 4) is 0 Å². The van der Waals surface area contributed by atoms with Crippen LogP contribution in [0.5, 0.6) is 0 Å². The average Bonchev–Trinajstić information content (AvgIpc) is 2.66. The quantitative estimate of drug-likeness (QED) is 0.685. The molecule has 1 aromatic carbocycles. The molecule has 1 aliphatic heterocycles. The fraction of sp³-hybridized carbons (Fsp3) is 0.538. The molecule has 5 nitrogen and oxygen atoms in total. The molecular formula is C13H16F2N2O3. The maximum atomic E-state index is 14.0. The minimum atomic E-state index is -1.22. The first kappa shape index (κ1) is 14.6. The Hall–Kier alpha value is -1.76. The lowest BCUT2D eigenvalue weighted by atomic mass is 10.1. The van der Waals surface area contributed by atoms with Crippen LogP contribution in [0, 0.1) is 21.7 Å². The van der Waals surface area contributed by atoms with Crippen molar-refractivity contribution >= 4 is 11.4 Å². The third kappa shape index (κ3) is 2.72. The smallest absolute Gasteiger partial charge is 0.295 e. The fourth-order valence-corrected chi connectivity index (χ4v) is 2.61. The van der Waals surface area contributed by atoms with Crippen LogP contribution < -0.4 is 4.90 Å². The number of halogens is 2. The second kappa shape index (κ2) is 6.13. The highest BCUT2D eigenvalue weighted by Crippen LogP contribution is 2.35. The van der Waals surface area contributed by atoms with Gasteiger partial charge in [0, 0.05) is 12.6 Å². The summed E-state index contributed by atoms with van der Waals surface area (Å²) in [6.45, 7) is 0.125. The molecule has 1 aliphatic rings. The molecule has 0 amide bonds. The van der Waals surface area contributed by atoms with Crippen molar-refractivity contribution in [2.45, 2.75) is 31.7 Å². The van der Waals surface area contributed by atoms with Crippen LogP contribution in [-0.4, -0.2) is 29.2 Å². The molecule has 1 aromatic rings. The first-order valence-electron chi connectivity index (χ1n) is 6.56. The molecule has 1 N–H and O–H groups in total. The lowest BCUT2D eigenvalue weighted by Gasteiger charge is -2.30. The Bertz CT molecular complexity index is 511. The summed E-state index contributed by atoms with van der Waals surface area (Å²) in [5.74, 6) is -2.34. The first-order chi connectivity index (χ1) is 9.56. The van der Waals surface area contributed by atoms with Crippen molar-refractivity contribution in [2.75, 3.05) is 18.1 Å². The van der Waals surface area contributed by atoms with E-state index in [0.29, 0.717) is 13.0 Å². The molecule has 7 heteroatoms. The number of rotatable bonds is 3. The Labute approximate surface area is 115 Å². The molecule has 1 unspecified atom stereocenters. The highest BCUT2D eigenvalue weighted by atomic mass is 19.2. The molecule has 0 bridgehead atoms. The summed E-state index contributed by atoms with van der Waals surface area (Å²) in [5.41, 5.74) is -0.819. The Morgan fingerprint density at radius 3 is 2.75 bits per heavy atom. The van der Waals surface area contributed by atoms with Gasteiger partial charge in [-0.1, -0.05) is 12.8 Å². The third-order valence-corrected chi connectivity index (χ3v) is 3.62. The predicted molar refractivity (Wildman–Crippen MR) is 69.7 cm³/mol. The van der Waals surface area contributed by atoms with Crippen molar-refractivity contribution in [3.63, 3.8) is 0 Å². The van der Waals surface area contributed by atoms with Crippen LogP contribution in [-0.2, 0) is 0 Å². The number of hydrogen-bond acceptors (Lipinski definition) is 4. The van der Waals surface area contributed by atoms with E-state index in [9.17, 15) is 24.0 Å². The van der Waals surface area contributed by atoms with Gasteiger partial charge in [0.25, 0.3) is 5.69 Å². The van der Waals surface area contributed by atoms with Gasteiger partial charge in [0.05, 0.1) is 17.6 Å². The maximum Gasteiger partial charge on any atom is 0.295 e. The zero-order valence-corrected chi connectivity index (χ0v) is 10.9. The van der Waals surface area contributed by atoms with Crippen molar-refractivity contribution < 1.29 is 18.8 Å². The summed E-state index contributed by atoms with van der Waals surface area (Å²) in [5, 5.41) is 20.4. The lowest BCUT2D eigenvalue weighted by Crippen LogP contribution is -2.38. The summed E-state index contributed by atoms with van der Waals surface area (Å²) < 4.78 is 27.5. The highest BCUT2D eigenvalue weighted by Gasteiger charge is 2.31. The van der Waals surface area contributed by atoms with Gasteiger partial charge in [0.2, 0.25) is 0 Å². The summed E-state index contributed by atoms with van der Waals surface area (Å²) >= 11 is 0. The van der Waals surface area contributed by atoms with E-state index >= 15 is 0 Å². The predicted octanol–water partition coefficient (Wildman–Crippen LogP) is 2.61. The Kier molecular flexibility index (Phi) is 4.49. The monoisotopic (exact) mass is 286 g/mol. The Morgan fingerprint density at radius 1 is 1.35 bits per heavy atom. The van der Waals surface area contributed by atoms with E-state index in [1.807, 2.05) is 0 Å². The number of nitro benzene ring substituents is 1. The van der Waals surface area contributed by atoms with E-state index < -0.39 is 28.3 Å². The van der Waals surface area contributed by atoms with Crippen molar-refractivity contribution in [2.24, 2.45) is 0 Å². The molecule has 0 aliphatic carbocycles. The number of anilines is 1. The molecule has 0 saturated carbocycles. The number of nitro groups is 1. The number of benzene rings is 1. The third-order valence-electron chi connectivity index (χ3n) is 3.62. The number of aliphatic hydroxyl groups excluding tert-OH is 1. The van der Waals surface area contributed by atoms with Gasteiger partial charge < -0.3 is 10.0 Å². The molecule has 1 saturated heterocycles. The topological polar surface area (TPSA) is 66.6 Å². The van der Waals surface area contributed by atoms with Crippen LogP contribution in [0.1, 0.15) is 25.7 Å². The van der Waals surface area contributed by atoms with Gasteiger partial charge in [0.1, 0.15) is 0 Å². The van der Waals surface area contributed by atoms with Crippen LogP contribution in [0.15, 0.2) is 12.1 Å². The van der Waals surface area contributed by atoms with Gasteiger partial charge in [-0.2, -0.15) is 0 Å². The minimum Gasteiger partial charge on any atom is -0.394 e. The van der Waals surface area contributed by atoms with E-state index in [1.165, 1.54) is 4.90 Å². The molecule has 1 atom stereocenters. The van der Waals surface area contributed by atoms with E-state index in [1.54, 1.807) is 0 Å². The molecule has 0 radical (unpaired) electrons. The summed E-state index contributed by atoms with van der Waals surface area (Å²) in [4.78, 5) is 11.7. The van der Waals surface area contributed by atoms with Crippen LogP contribution in [0.3, 0.4) is 0 Å². The fourth-order valence-electron chi connectivity index (χ4n) is 2.61. The zero-order chi connectivity index (χ0) is 14.7. The largest absolute Gasteiger partial charge is 0.394 e. The van der Waals surface area contributed by atoms with E-state index in [0.717, 1.165) is 31.4 Å². The summed E-state index contributed by atoms with van der Waals surface area (Å²) in [6, 6.07) is 1.29. The lowest BCUT2D eigenvalue weighted by molar-refractivity contribution is -0.384. The van der Waals surface area contributed by atoms with E-state index in [4.69, 9.17) is 0 Å². The molecule has 110 valence electrons. The molecular weight excluding hydrogens is 270 g/mol. The van der Waals surface area contributed by atoms with Gasteiger partial charge in [-0.3, -0.25) is 10.1 Å². The van der Waals surface area contributed by atoms with Crippen molar-refractivity contribution in [3.05, 3.63) is 33.9 Å². The summed E-state index contributed by atoms with van der Waals surface area (Å²) in [7, 11) is 0. The van der Waals surface area contributed by atoms with Crippen LogP contribution in [0.25, 0.3) is 0 Å². The number of aliphatic hydroxyl groups is 1. The van der Waals surface area contributed by atoms with Gasteiger partial charge in [0.15, 0.2) is 17.3 Å². The number of hydrogen-bond donors (Lipinski definition) is 1. The number of nitrogens with zero attached hydrogens (tertiary/aromatic N) is 2. The molecule has 2 rings (SSSR count). The standard InChI is InChI=1S/C13H16F2N2O3/c14-10-5-6-11(17(19)20)13(12(10)15)16-7-3-1-2-4-9(16)8-18/h5-6,9,18H,1-4,7-8H2. The SMILES string of the molecule is O=[N+]([O-])c1ccc(F)c(F)c1N1CCCCCC1CO. The van der Waals surface area contributed by atoms with Gasteiger partial charge in [-0.05, 0) is 18.9 Å². The van der Waals surface area contributed by atoms with Crippen LogP contribution in [0.2, 0.25) is 0 Å². The van der Waals surface area contributed by atoms with Crippen LogP contribution in [0.4, 0.5) is 20.2 Å². The minimum absolute atomic E-state index is 0.243. The molecule has 1 fully saturated rings. The normalized spacial score (nSPS) is 19.8. The zero-order valence-electron chi connectivity index (χ0n) is 10.9. The van der Waals surface area contributed by atoms with Gasteiger partial charge in [-0.25, -0.2) is 8.78 Å². The first-order valence-corrected chi connectivity index (χ1v) is 6.56. The van der Waals surface area contributed by atoms with Crippen LogP contribution >= 0.6 is 0 Å². The average molecular weight is 286 g/mol. The molecule has 0 aromatic heterocycles. The molecule has 1 heterocycles. The molecule has 0 spiro atoms. The Morgan fingerprint density at radius 2 is 2.10 bits per heavy atom. The van der Waals surface area contributed by atoms with Gasteiger partial charge in [-0.15, -0.1) is 0 Å². The van der Waals surface area contributed by atoms with E-state index in [-0.39, 0.29) is 12.3 Å². The van der Waals surface area contributed by atoms with Gasteiger partial charge >= 0.3 is 0 Å². The van der Waals surface area contributed by atoms with E-state index in [2.05, 4.69) is 0 Å². The summed E-state index contributed by atoms with van der Waals surface area (Å²) in [6.07, 6.45) is 3.08. The second-order valence-corrected chi connectivity index (χ2v) is 4.87. The van der Waals surface area contributed by atoms with Crippen molar-refractivity contribution in [1.29, 1.82) is 0 Å². The van der Waals surface area contributed by atoms with Crippen molar-refractivity contribution in [1.82, 2.24) is 0 Å². The second-order valence-electron chi connectivity index (χ2n) is 4.87.